The molecule has 20 heavy (non-hydrogen) atoms. The van der Waals surface area contributed by atoms with E-state index in [0.717, 1.165) is 25.0 Å². The monoisotopic (exact) mass is 274 g/mol. The minimum absolute atomic E-state index is 0.101. The fourth-order valence-corrected chi connectivity index (χ4v) is 1.82. The lowest BCUT2D eigenvalue weighted by atomic mass is 9.87. The third kappa shape index (κ3) is 5.16. The van der Waals surface area contributed by atoms with Gasteiger partial charge in [0.15, 0.2) is 0 Å². The van der Waals surface area contributed by atoms with E-state index in [4.69, 9.17) is 0 Å². The first-order valence-electron chi connectivity index (χ1n) is 7.28. The summed E-state index contributed by atoms with van der Waals surface area (Å²) in [7, 11) is 0. The van der Waals surface area contributed by atoms with Crippen molar-refractivity contribution < 1.29 is 4.79 Å². The molecular weight excluding hydrogens is 248 g/mol. The molecule has 0 aliphatic carbocycles. The molecule has 1 aromatic carbocycles. The molecule has 0 aromatic heterocycles. The number of hydrogen-bond acceptors (Lipinski definition) is 2. The molecular formula is C17H26N2O. The molecule has 3 nitrogen and oxygen atoms in total. The number of hydrazone groups is 1. The summed E-state index contributed by atoms with van der Waals surface area (Å²) in [5.41, 5.74) is 5.54. The van der Waals surface area contributed by atoms with Crippen molar-refractivity contribution in [3.05, 3.63) is 35.4 Å². The number of unbranched alkanes of at least 4 members (excludes halogenated alkanes) is 1. The maximum atomic E-state index is 12.0. The van der Waals surface area contributed by atoms with Crippen LogP contribution in [0.25, 0.3) is 0 Å². The van der Waals surface area contributed by atoms with Crippen LogP contribution in [-0.2, 0) is 5.41 Å². The molecule has 0 atom stereocenters. The fourth-order valence-electron chi connectivity index (χ4n) is 1.82. The van der Waals surface area contributed by atoms with E-state index in [-0.39, 0.29) is 11.3 Å². The Hall–Kier alpha value is -1.64. The van der Waals surface area contributed by atoms with Gasteiger partial charge in [-0.2, -0.15) is 5.10 Å². The first-order valence-corrected chi connectivity index (χ1v) is 7.28. The Labute approximate surface area is 122 Å². The highest BCUT2D eigenvalue weighted by Gasteiger charge is 2.14. The van der Waals surface area contributed by atoms with Crippen LogP contribution >= 0.6 is 0 Å². The number of nitrogens with one attached hydrogen (secondary N) is 1. The molecule has 0 bridgehead atoms. The van der Waals surface area contributed by atoms with Gasteiger partial charge in [-0.05, 0) is 42.9 Å². The van der Waals surface area contributed by atoms with E-state index < -0.39 is 0 Å². The van der Waals surface area contributed by atoms with Crippen LogP contribution in [0, 0.1) is 0 Å². The van der Waals surface area contributed by atoms with E-state index in [1.807, 2.05) is 31.2 Å². The van der Waals surface area contributed by atoms with Crippen molar-refractivity contribution in [1.29, 1.82) is 0 Å². The molecule has 0 fully saturated rings. The average Bonchev–Trinajstić information content (AvgIpc) is 2.41. The lowest BCUT2D eigenvalue weighted by molar-refractivity contribution is 0.0954. The third-order valence-corrected chi connectivity index (χ3v) is 3.25. The van der Waals surface area contributed by atoms with Gasteiger partial charge >= 0.3 is 0 Å². The second kappa shape index (κ2) is 7.22. The smallest absolute Gasteiger partial charge is 0.267 e. The summed E-state index contributed by atoms with van der Waals surface area (Å²) in [6.07, 6.45) is 3.17. The number of rotatable bonds is 5. The highest BCUT2D eigenvalue weighted by atomic mass is 16.2. The van der Waals surface area contributed by atoms with Crippen molar-refractivity contribution >= 4 is 11.6 Å². The zero-order valence-corrected chi connectivity index (χ0v) is 13.3. The zero-order valence-electron chi connectivity index (χ0n) is 13.3. The Bertz CT molecular complexity index is 467. The molecule has 0 heterocycles. The predicted molar refractivity (Wildman–Crippen MR) is 85.2 cm³/mol. The predicted octanol–water partition coefficient (Wildman–Crippen LogP) is 4.28. The van der Waals surface area contributed by atoms with Crippen molar-refractivity contribution in [2.24, 2.45) is 5.10 Å². The topological polar surface area (TPSA) is 41.5 Å². The van der Waals surface area contributed by atoms with Crippen molar-refractivity contribution in [3.63, 3.8) is 0 Å². The molecule has 0 spiro atoms. The van der Waals surface area contributed by atoms with Gasteiger partial charge in [0.1, 0.15) is 0 Å². The van der Waals surface area contributed by atoms with E-state index in [9.17, 15) is 4.79 Å². The SMILES string of the molecule is CCCCC(C)=NNC(=O)c1ccc(C(C)(C)C)cc1. The number of carbonyl (C=O) groups is 1. The fraction of sp³-hybridized carbons (Fsp3) is 0.529. The molecule has 1 amide bonds. The van der Waals surface area contributed by atoms with Gasteiger partial charge < -0.3 is 0 Å². The normalized spacial score (nSPS) is 12.3. The minimum Gasteiger partial charge on any atom is -0.267 e. The number of benzene rings is 1. The Morgan fingerprint density at radius 1 is 1.20 bits per heavy atom. The zero-order chi connectivity index (χ0) is 15.2. The van der Waals surface area contributed by atoms with E-state index in [2.05, 4.69) is 38.2 Å². The second-order valence-electron chi connectivity index (χ2n) is 6.22. The molecule has 3 heteroatoms. The van der Waals surface area contributed by atoms with Crippen molar-refractivity contribution in [1.82, 2.24) is 5.43 Å². The summed E-state index contributed by atoms with van der Waals surface area (Å²) in [5, 5.41) is 4.13. The molecule has 110 valence electrons. The maximum absolute atomic E-state index is 12.0. The van der Waals surface area contributed by atoms with Gasteiger partial charge in [-0.15, -0.1) is 0 Å². The average molecular weight is 274 g/mol. The molecule has 0 saturated heterocycles. The molecule has 1 N–H and O–H groups in total. The van der Waals surface area contributed by atoms with Gasteiger partial charge in [-0.25, -0.2) is 5.43 Å². The van der Waals surface area contributed by atoms with Gasteiger partial charge in [-0.1, -0.05) is 46.2 Å². The van der Waals surface area contributed by atoms with Crippen LogP contribution in [0.15, 0.2) is 29.4 Å². The molecule has 0 aliphatic rings. The Balaban J connectivity index is 2.65. The van der Waals surface area contributed by atoms with Crippen molar-refractivity contribution in [3.8, 4) is 0 Å². The van der Waals surface area contributed by atoms with Crippen molar-refractivity contribution in [2.75, 3.05) is 0 Å². The van der Waals surface area contributed by atoms with Crippen LogP contribution in [0.4, 0.5) is 0 Å². The Morgan fingerprint density at radius 2 is 1.80 bits per heavy atom. The first-order chi connectivity index (χ1) is 9.34. The quantitative estimate of drug-likeness (QED) is 0.632. The van der Waals surface area contributed by atoms with Gasteiger partial charge in [0, 0.05) is 11.3 Å². The summed E-state index contributed by atoms with van der Waals surface area (Å²) < 4.78 is 0. The Morgan fingerprint density at radius 3 is 2.30 bits per heavy atom. The van der Waals surface area contributed by atoms with E-state index in [0.29, 0.717) is 5.56 Å². The minimum atomic E-state index is -0.152. The molecule has 1 rings (SSSR count). The second-order valence-corrected chi connectivity index (χ2v) is 6.22. The van der Waals surface area contributed by atoms with E-state index >= 15 is 0 Å². The third-order valence-electron chi connectivity index (χ3n) is 3.25. The van der Waals surface area contributed by atoms with Crippen LogP contribution < -0.4 is 5.43 Å². The van der Waals surface area contributed by atoms with Crippen LogP contribution in [0.2, 0.25) is 0 Å². The molecule has 0 saturated carbocycles. The van der Waals surface area contributed by atoms with E-state index in [1.165, 1.54) is 5.56 Å². The lowest BCUT2D eigenvalue weighted by Gasteiger charge is -2.18. The summed E-state index contributed by atoms with van der Waals surface area (Å²) in [4.78, 5) is 12.0. The summed E-state index contributed by atoms with van der Waals surface area (Å²) in [5.74, 6) is -0.152. The number of nitrogens with zero attached hydrogens (tertiary/aromatic N) is 1. The summed E-state index contributed by atoms with van der Waals surface area (Å²) in [6.45, 7) is 10.6. The first kappa shape index (κ1) is 16.4. The van der Waals surface area contributed by atoms with Crippen LogP contribution in [-0.4, -0.2) is 11.6 Å². The lowest BCUT2D eigenvalue weighted by Crippen LogP contribution is -2.19. The van der Waals surface area contributed by atoms with Crippen LogP contribution in [0.3, 0.4) is 0 Å². The van der Waals surface area contributed by atoms with Gasteiger partial charge in [-0.3, -0.25) is 4.79 Å². The highest BCUT2D eigenvalue weighted by Crippen LogP contribution is 2.22. The highest BCUT2D eigenvalue weighted by molar-refractivity contribution is 5.95. The van der Waals surface area contributed by atoms with Gasteiger partial charge in [0.05, 0.1) is 0 Å². The number of amides is 1. The number of hydrogen-bond donors (Lipinski definition) is 1. The standard InChI is InChI=1S/C17H26N2O/c1-6-7-8-13(2)18-19-16(20)14-9-11-15(12-10-14)17(3,4)5/h9-12H,6-8H2,1-5H3,(H,19,20). The van der Waals surface area contributed by atoms with Gasteiger partial charge in [0.25, 0.3) is 5.91 Å². The largest absolute Gasteiger partial charge is 0.271 e. The Kier molecular flexibility index (Phi) is 5.93. The summed E-state index contributed by atoms with van der Waals surface area (Å²) in [6, 6.07) is 7.71. The van der Waals surface area contributed by atoms with Crippen molar-refractivity contribution in [2.45, 2.75) is 59.3 Å². The van der Waals surface area contributed by atoms with Crippen LogP contribution in [0.5, 0.6) is 0 Å². The molecule has 1 aromatic rings. The number of carbonyl (C=O) groups excluding carboxylic acids is 1. The molecule has 0 aliphatic heterocycles. The van der Waals surface area contributed by atoms with E-state index in [1.54, 1.807) is 0 Å². The van der Waals surface area contributed by atoms with Gasteiger partial charge in [0.2, 0.25) is 0 Å². The molecule has 0 unspecified atom stereocenters. The molecule has 0 radical (unpaired) electrons. The maximum Gasteiger partial charge on any atom is 0.271 e. The summed E-state index contributed by atoms with van der Waals surface area (Å²) >= 11 is 0. The van der Waals surface area contributed by atoms with Crippen LogP contribution in [0.1, 0.15) is 69.8 Å².